The Labute approximate surface area is 118 Å². The summed E-state index contributed by atoms with van der Waals surface area (Å²) < 4.78 is 31.4. The number of benzene rings is 1. The van der Waals surface area contributed by atoms with E-state index in [4.69, 9.17) is 10.5 Å². The van der Waals surface area contributed by atoms with Crippen molar-refractivity contribution in [3.8, 4) is 5.75 Å². The number of methoxy groups -OCH3 is 1. The minimum absolute atomic E-state index is 0.145. The Hall–Kier alpha value is -1.60. The molecule has 1 fully saturated rings. The first-order chi connectivity index (χ1) is 9.46. The van der Waals surface area contributed by atoms with E-state index < -0.39 is 22.0 Å². The molecule has 20 heavy (non-hydrogen) atoms. The van der Waals surface area contributed by atoms with Gasteiger partial charge in [-0.2, -0.15) is 4.31 Å². The van der Waals surface area contributed by atoms with Gasteiger partial charge in [-0.05, 0) is 37.1 Å². The van der Waals surface area contributed by atoms with Crippen LogP contribution in [0.25, 0.3) is 0 Å². The number of sulfonamides is 1. The summed E-state index contributed by atoms with van der Waals surface area (Å²) in [5.41, 5.74) is 5.31. The van der Waals surface area contributed by atoms with Crippen molar-refractivity contribution in [1.82, 2.24) is 4.31 Å². The van der Waals surface area contributed by atoms with Gasteiger partial charge in [-0.3, -0.25) is 4.79 Å². The second-order valence-corrected chi connectivity index (χ2v) is 6.60. The van der Waals surface area contributed by atoms with Crippen molar-refractivity contribution in [3.05, 3.63) is 24.3 Å². The highest BCUT2D eigenvalue weighted by molar-refractivity contribution is 7.89. The molecule has 1 heterocycles. The van der Waals surface area contributed by atoms with Crippen LogP contribution in [0, 0.1) is 0 Å². The number of carbonyl (C=O) groups excluding carboxylic acids is 1. The van der Waals surface area contributed by atoms with Gasteiger partial charge < -0.3 is 10.5 Å². The maximum Gasteiger partial charge on any atom is 0.243 e. The lowest BCUT2D eigenvalue weighted by Gasteiger charge is -2.32. The molecular formula is C13H18N2O4S. The van der Waals surface area contributed by atoms with Crippen molar-refractivity contribution in [2.24, 2.45) is 5.73 Å². The van der Waals surface area contributed by atoms with E-state index in [1.54, 1.807) is 12.1 Å². The average molecular weight is 298 g/mol. The molecule has 1 aliphatic heterocycles. The van der Waals surface area contributed by atoms with Crippen LogP contribution in [0.1, 0.15) is 19.3 Å². The molecule has 1 aromatic rings. The van der Waals surface area contributed by atoms with Crippen LogP contribution in [0.15, 0.2) is 29.2 Å². The summed E-state index contributed by atoms with van der Waals surface area (Å²) in [6, 6.07) is 5.35. The fourth-order valence-corrected chi connectivity index (χ4v) is 4.02. The van der Waals surface area contributed by atoms with Crippen molar-refractivity contribution in [2.75, 3.05) is 13.7 Å². The number of hydrogen-bond acceptors (Lipinski definition) is 4. The molecule has 6 nitrogen and oxygen atoms in total. The highest BCUT2D eigenvalue weighted by atomic mass is 32.2. The van der Waals surface area contributed by atoms with Crippen LogP contribution in [0.3, 0.4) is 0 Å². The lowest BCUT2D eigenvalue weighted by molar-refractivity contribution is -0.122. The van der Waals surface area contributed by atoms with Crippen molar-refractivity contribution in [3.63, 3.8) is 0 Å². The number of primary amides is 1. The van der Waals surface area contributed by atoms with E-state index in [1.807, 2.05) is 0 Å². The Morgan fingerprint density at radius 3 is 2.50 bits per heavy atom. The fourth-order valence-electron chi connectivity index (χ4n) is 2.36. The molecular weight excluding hydrogens is 280 g/mol. The molecule has 2 N–H and O–H groups in total. The van der Waals surface area contributed by atoms with Gasteiger partial charge in [-0.15, -0.1) is 0 Å². The Kier molecular flexibility index (Phi) is 4.29. The molecule has 0 radical (unpaired) electrons. The molecule has 1 unspecified atom stereocenters. The minimum Gasteiger partial charge on any atom is -0.497 e. The summed E-state index contributed by atoms with van der Waals surface area (Å²) in [6.07, 6.45) is 2.02. The summed E-state index contributed by atoms with van der Waals surface area (Å²) in [4.78, 5) is 11.6. The van der Waals surface area contributed by atoms with Gasteiger partial charge in [0.15, 0.2) is 0 Å². The van der Waals surface area contributed by atoms with Gasteiger partial charge in [0.1, 0.15) is 11.8 Å². The van der Waals surface area contributed by atoms with Crippen molar-refractivity contribution in [1.29, 1.82) is 0 Å². The number of carbonyl (C=O) groups is 1. The third-order valence-electron chi connectivity index (χ3n) is 3.45. The molecule has 0 saturated carbocycles. The maximum atomic E-state index is 12.6. The van der Waals surface area contributed by atoms with Crippen LogP contribution in [-0.4, -0.2) is 38.3 Å². The molecule has 110 valence electrons. The minimum atomic E-state index is -3.70. The third kappa shape index (κ3) is 2.78. The molecule has 0 aromatic heterocycles. The number of rotatable bonds is 4. The van der Waals surface area contributed by atoms with E-state index in [-0.39, 0.29) is 4.90 Å². The first kappa shape index (κ1) is 14.8. The van der Waals surface area contributed by atoms with Crippen LogP contribution < -0.4 is 10.5 Å². The van der Waals surface area contributed by atoms with E-state index in [9.17, 15) is 13.2 Å². The zero-order valence-corrected chi connectivity index (χ0v) is 12.1. The second kappa shape index (κ2) is 5.80. The van der Waals surface area contributed by atoms with Gasteiger partial charge in [-0.1, -0.05) is 6.42 Å². The van der Waals surface area contributed by atoms with Crippen LogP contribution in [0.5, 0.6) is 5.75 Å². The topological polar surface area (TPSA) is 89.7 Å². The van der Waals surface area contributed by atoms with Gasteiger partial charge in [0.2, 0.25) is 15.9 Å². The van der Waals surface area contributed by atoms with Crippen LogP contribution in [-0.2, 0) is 14.8 Å². The Bertz CT molecular complexity index is 583. The molecule has 1 aliphatic rings. The van der Waals surface area contributed by atoms with Gasteiger partial charge in [-0.25, -0.2) is 8.42 Å². The quantitative estimate of drug-likeness (QED) is 0.887. The standard InChI is InChI=1S/C13H18N2O4S/c1-19-10-5-7-11(8-6-10)20(17,18)15-9-3-2-4-12(15)13(14)16/h5-8,12H,2-4,9H2,1H3,(H2,14,16). The lowest BCUT2D eigenvalue weighted by Crippen LogP contribution is -2.50. The number of ether oxygens (including phenoxy) is 1. The summed E-state index contributed by atoms with van der Waals surface area (Å²) >= 11 is 0. The number of hydrogen-bond donors (Lipinski definition) is 1. The monoisotopic (exact) mass is 298 g/mol. The van der Waals surface area contributed by atoms with Crippen molar-refractivity contribution in [2.45, 2.75) is 30.2 Å². The molecule has 1 saturated heterocycles. The summed E-state index contributed by atoms with van der Waals surface area (Å²) in [5, 5.41) is 0. The molecule has 1 aromatic carbocycles. The third-order valence-corrected chi connectivity index (χ3v) is 5.37. The Balaban J connectivity index is 2.34. The molecule has 7 heteroatoms. The second-order valence-electron chi connectivity index (χ2n) is 4.71. The number of nitrogens with zero attached hydrogens (tertiary/aromatic N) is 1. The van der Waals surface area contributed by atoms with Gasteiger partial charge >= 0.3 is 0 Å². The number of amides is 1. The predicted octanol–water partition coefficient (Wildman–Crippen LogP) is 0.724. The van der Waals surface area contributed by atoms with Crippen LogP contribution >= 0.6 is 0 Å². The van der Waals surface area contributed by atoms with E-state index in [0.29, 0.717) is 18.7 Å². The summed E-state index contributed by atoms with van der Waals surface area (Å²) in [7, 11) is -2.19. The molecule has 1 atom stereocenters. The maximum absolute atomic E-state index is 12.6. The molecule has 0 bridgehead atoms. The van der Waals surface area contributed by atoms with Gasteiger partial charge in [0, 0.05) is 6.54 Å². The summed E-state index contributed by atoms with van der Waals surface area (Å²) in [6.45, 7) is 0.321. The predicted molar refractivity (Wildman–Crippen MR) is 73.7 cm³/mol. The Morgan fingerprint density at radius 1 is 1.30 bits per heavy atom. The first-order valence-electron chi connectivity index (χ1n) is 6.42. The zero-order chi connectivity index (χ0) is 14.8. The first-order valence-corrected chi connectivity index (χ1v) is 7.86. The largest absolute Gasteiger partial charge is 0.497 e. The smallest absolute Gasteiger partial charge is 0.243 e. The normalized spacial score (nSPS) is 20.6. The van der Waals surface area contributed by atoms with Gasteiger partial charge in [0.05, 0.1) is 12.0 Å². The highest BCUT2D eigenvalue weighted by Gasteiger charge is 2.36. The highest BCUT2D eigenvalue weighted by Crippen LogP contribution is 2.26. The van der Waals surface area contributed by atoms with Gasteiger partial charge in [0.25, 0.3) is 0 Å². The Morgan fingerprint density at radius 2 is 1.95 bits per heavy atom. The number of piperidine rings is 1. The lowest BCUT2D eigenvalue weighted by atomic mass is 10.0. The number of nitrogens with two attached hydrogens (primary N) is 1. The van der Waals surface area contributed by atoms with Crippen LogP contribution in [0.2, 0.25) is 0 Å². The molecule has 1 amide bonds. The van der Waals surface area contributed by atoms with E-state index in [1.165, 1.54) is 23.5 Å². The molecule has 2 rings (SSSR count). The van der Waals surface area contributed by atoms with Crippen molar-refractivity contribution >= 4 is 15.9 Å². The van der Waals surface area contributed by atoms with E-state index >= 15 is 0 Å². The van der Waals surface area contributed by atoms with E-state index in [0.717, 1.165) is 12.8 Å². The summed E-state index contributed by atoms with van der Waals surface area (Å²) in [5.74, 6) is -0.0177. The average Bonchev–Trinajstić information content (AvgIpc) is 2.47. The van der Waals surface area contributed by atoms with Crippen molar-refractivity contribution < 1.29 is 17.9 Å². The van der Waals surface area contributed by atoms with E-state index in [2.05, 4.69) is 0 Å². The molecule has 0 aliphatic carbocycles. The SMILES string of the molecule is COc1ccc(S(=O)(=O)N2CCCCC2C(N)=O)cc1. The molecule has 0 spiro atoms. The fraction of sp³-hybridized carbons (Fsp3) is 0.462. The zero-order valence-electron chi connectivity index (χ0n) is 11.3. The van der Waals surface area contributed by atoms with Crippen LogP contribution in [0.4, 0.5) is 0 Å².